The first-order valence-corrected chi connectivity index (χ1v) is 8.40. The van der Waals surface area contributed by atoms with Crippen LogP contribution >= 0.6 is 0 Å². The van der Waals surface area contributed by atoms with E-state index in [1.165, 1.54) is 7.11 Å². The van der Waals surface area contributed by atoms with Crippen LogP contribution in [0.25, 0.3) is 0 Å². The van der Waals surface area contributed by atoms with Gasteiger partial charge >= 0.3 is 6.18 Å². The molecule has 0 bridgehead atoms. The normalized spacial score (nSPS) is 13.5. The number of anilines is 2. The van der Waals surface area contributed by atoms with Crippen LogP contribution in [-0.4, -0.2) is 33.8 Å². The number of amides is 1. The van der Waals surface area contributed by atoms with Crippen molar-refractivity contribution < 1.29 is 27.1 Å². The largest absolute Gasteiger partial charge is 0.496 e. The molecule has 0 spiro atoms. The maximum atomic E-state index is 13.7. The van der Waals surface area contributed by atoms with Crippen molar-refractivity contribution in [2.75, 3.05) is 37.7 Å². The average molecular weight is 397 g/mol. The molecule has 2 aromatic carbocycles. The number of rotatable bonds is 4. The predicted octanol–water partition coefficient (Wildman–Crippen LogP) is 3.63. The summed E-state index contributed by atoms with van der Waals surface area (Å²) in [4.78, 5) is 16.4. The smallest absolute Gasteiger partial charge is 0.419 e. The third-order valence-electron chi connectivity index (χ3n) is 4.62. The minimum absolute atomic E-state index is 0.0754. The number of hydrogen-bond donors (Lipinski definition) is 1. The Bertz CT molecular complexity index is 915. The summed E-state index contributed by atoms with van der Waals surface area (Å²) >= 11 is 0. The van der Waals surface area contributed by atoms with Crippen molar-refractivity contribution >= 4 is 17.3 Å². The maximum absolute atomic E-state index is 13.7. The summed E-state index contributed by atoms with van der Waals surface area (Å²) in [7, 11) is 5.34. The van der Waals surface area contributed by atoms with Gasteiger partial charge < -0.3 is 19.9 Å². The van der Waals surface area contributed by atoms with Gasteiger partial charge in [0, 0.05) is 31.8 Å². The van der Waals surface area contributed by atoms with Gasteiger partial charge in [0.15, 0.2) is 0 Å². The SMILES string of the molecule is COc1ccc2c(c1CNC(=O)c1ccc(C(F)(F)F)c(F)c1)N(C)CN2C. The van der Waals surface area contributed by atoms with Gasteiger partial charge in [0.1, 0.15) is 11.6 Å². The quantitative estimate of drug-likeness (QED) is 0.801. The van der Waals surface area contributed by atoms with Crippen molar-refractivity contribution in [2.24, 2.45) is 0 Å². The van der Waals surface area contributed by atoms with Crippen molar-refractivity contribution in [2.45, 2.75) is 12.7 Å². The summed E-state index contributed by atoms with van der Waals surface area (Å²) in [5.74, 6) is -1.60. The number of fused-ring (bicyclic) bond motifs is 1. The highest BCUT2D eigenvalue weighted by Gasteiger charge is 2.34. The first kappa shape index (κ1) is 19.8. The van der Waals surface area contributed by atoms with Crippen LogP contribution in [0.4, 0.5) is 28.9 Å². The van der Waals surface area contributed by atoms with Gasteiger partial charge in [-0.1, -0.05) is 0 Å². The van der Waals surface area contributed by atoms with E-state index in [1.54, 1.807) is 6.07 Å². The lowest BCUT2D eigenvalue weighted by molar-refractivity contribution is -0.140. The van der Waals surface area contributed by atoms with Crippen LogP contribution in [0, 0.1) is 5.82 Å². The van der Waals surface area contributed by atoms with Gasteiger partial charge in [0.05, 0.1) is 30.7 Å². The molecular weight excluding hydrogens is 378 g/mol. The molecule has 2 aromatic rings. The number of ether oxygens (including phenoxy) is 1. The van der Waals surface area contributed by atoms with Gasteiger partial charge in [0.2, 0.25) is 0 Å². The molecule has 0 aliphatic carbocycles. The van der Waals surface area contributed by atoms with E-state index in [0.29, 0.717) is 24.6 Å². The summed E-state index contributed by atoms with van der Waals surface area (Å²) in [5.41, 5.74) is 0.986. The van der Waals surface area contributed by atoms with Gasteiger partial charge in [0.25, 0.3) is 5.91 Å². The molecule has 5 nitrogen and oxygen atoms in total. The summed E-state index contributed by atoms with van der Waals surface area (Å²) in [5, 5.41) is 2.63. The van der Waals surface area contributed by atoms with Gasteiger partial charge in [-0.15, -0.1) is 0 Å². The number of hydrogen-bond acceptors (Lipinski definition) is 4. The van der Waals surface area contributed by atoms with E-state index in [-0.39, 0.29) is 12.1 Å². The standard InChI is InChI=1S/C19H19F4N3O2/c1-25-10-26(2)17-12(16(28-3)7-6-15(17)25)9-24-18(27)11-4-5-13(14(20)8-11)19(21,22)23/h4-8H,9-10H2,1-3H3,(H,24,27). The molecule has 0 saturated carbocycles. The van der Waals surface area contributed by atoms with Gasteiger partial charge in [-0.3, -0.25) is 4.79 Å². The van der Waals surface area contributed by atoms with Crippen molar-refractivity contribution in [3.05, 3.63) is 52.8 Å². The number of alkyl halides is 3. The van der Waals surface area contributed by atoms with Gasteiger partial charge in [-0.2, -0.15) is 13.2 Å². The minimum atomic E-state index is -4.81. The molecule has 0 fully saturated rings. The van der Waals surface area contributed by atoms with E-state index in [1.807, 2.05) is 30.0 Å². The molecule has 3 rings (SSSR count). The monoisotopic (exact) mass is 397 g/mol. The first-order valence-electron chi connectivity index (χ1n) is 8.40. The Morgan fingerprint density at radius 1 is 1.18 bits per heavy atom. The Morgan fingerprint density at radius 3 is 2.50 bits per heavy atom. The zero-order chi connectivity index (χ0) is 20.6. The van der Waals surface area contributed by atoms with E-state index in [0.717, 1.165) is 23.0 Å². The minimum Gasteiger partial charge on any atom is -0.496 e. The molecule has 1 N–H and O–H groups in total. The second kappa shape index (κ2) is 7.21. The van der Waals surface area contributed by atoms with Crippen molar-refractivity contribution in [1.82, 2.24) is 5.32 Å². The number of halogens is 4. The van der Waals surface area contributed by atoms with Crippen LogP contribution < -0.4 is 19.9 Å². The number of benzene rings is 2. The summed E-state index contributed by atoms with van der Waals surface area (Å²) < 4.78 is 57.1. The molecule has 0 saturated heterocycles. The molecule has 0 radical (unpaired) electrons. The number of nitrogens with one attached hydrogen (secondary N) is 1. The fourth-order valence-corrected chi connectivity index (χ4v) is 3.32. The van der Waals surface area contributed by atoms with Gasteiger partial charge in [-0.25, -0.2) is 4.39 Å². The number of carbonyl (C=O) groups excluding carboxylic acids is 1. The average Bonchev–Trinajstić information content (AvgIpc) is 2.92. The Morgan fingerprint density at radius 2 is 1.89 bits per heavy atom. The second-order valence-electron chi connectivity index (χ2n) is 6.53. The number of carbonyl (C=O) groups is 1. The Balaban J connectivity index is 1.83. The molecule has 150 valence electrons. The Labute approximate surface area is 159 Å². The van der Waals surface area contributed by atoms with Crippen LogP contribution in [0.15, 0.2) is 30.3 Å². The van der Waals surface area contributed by atoms with E-state index in [2.05, 4.69) is 5.32 Å². The molecule has 1 aliphatic heterocycles. The fraction of sp³-hybridized carbons (Fsp3) is 0.316. The number of nitrogens with zero attached hydrogens (tertiary/aromatic N) is 2. The molecule has 0 atom stereocenters. The number of methoxy groups -OCH3 is 1. The highest BCUT2D eigenvalue weighted by atomic mass is 19.4. The molecule has 1 heterocycles. The van der Waals surface area contributed by atoms with Crippen LogP contribution in [0.3, 0.4) is 0 Å². The highest BCUT2D eigenvalue weighted by molar-refractivity contribution is 5.94. The van der Waals surface area contributed by atoms with Gasteiger partial charge in [-0.05, 0) is 30.3 Å². The van der Waals surface area contributed by atoms with E-state index >= 15 is 0 Å². The lowest BCUT2D eigenvalue weighted by Gasteiger charge is -2.18. The Hall–Kier alpha value is -2.97. The van der Waals surface area contributed by atoms with Crippen LogP contribution in [0.5, 0.6) is 5.75 Å². The topological polar surface area (TPSA) is 44.8 Å². The van der Waals surface area contributed by atoms with Crippen molar-refractivity contribution in [1.29, 1.82) is 0 Å². The first-order chi connectivity index (χ1) is 13.1. The van der Waals surface area contributed by atoms with E-state index in [4.69, 9.17) is 4.74 Å². The van der Waals surface area contributed by atoms with Crippen molar-refractivity contribution in [3.8, 4) is 5.75 Å². The molecule has 0 aromatic heterocycles. The molecule has 28 heavy (non-hydrogen) atoms. The van der Waals surface area contributed by atoms with Crippen molar-refractivity contribution in [3.63, 3.8) is 0 Å². The summed E-state index contributed by atoms with van der Waals surface area (Å²) in [6, 6.07) is 5.80. The molecular formula is C19H19F4N3O2. The lowest BCUT2D eigenvalue weighted by Crippen LogP contribution is -2.26. The van der Waals surface area contributed by atoms with E-state index in [9.17, 15) is 22.4 Å². The third-order valence-corrected chi connectivity index (χ3v) is 4.62. The zero-order valence-electron chi connectivity index (χ0n) is 15.5. The maximum Gasteiger partial charge on any atom is 0.419 e. The lowest BCUT2D eigenvalue weighted by atomic mass is 10.1. The Kier molecular flexibility index (Phi) is 5.10. The molecule has 0 unspecified atom stereocenters. The molecule has 1 aliphatic rings. The predicted molar refractivity (Wildman–Crippen MR) is 97.2 cm³/mol. The molecule has 9 heteroatoms. The summed E-state index contributed by atoms with van der Waals surface area (Å²) in [6.45, 7) is 0.736. The van der Waals surface area contributed by atoms with Crippen LogP contribution in [-0.2, 0) is 12.7 Å². The zero-order valence-corrected chi connectivity index (χ0v) is 15.5. The second-order valence-corrected chi connectivity index (χ2v) is 6.53. The third kappa shape index (κ3) is 3.56. The van der Waals surface area contributed by atoms with E-state index < -0.39 is 23.5 Å². The molecule has 1 amide bonds. The summed E-state index contributed by atoms with van der Waals surface area (Å²) in [6.07, 6.45) is -4.81. The fourth-order valence-electron chi connectivity index (χ4n) is 3.32. The van der Waals surface area contributed by atoms with Crippen LogP contribution in [0.1, 0.15) is 21.5 Å². The van der Waals surface area contributed by atoms with Crippen LogP contribution in [0.2, 0.25) is 0 Å². The highest BCUT2D eigenvalue weighted by Crippen LogP contribution is 2.41.